The number of aromatic nitrogens is 4. The Kier molecular flexibility index (Phi) is 13.8. The number of nitrogens with one attached hydrogen (secondary N) is 2. The molecule has 0 atom stereocenters. The maximum atomic E-state index is 16.2. The second-order valence-electron chi connectivity index (χ2n) is 15.4. The van der Waals surface area contributed by atoms with Gasteiger partial charge in [0.25, 0.3) is 0 Å². The van der Waals surface area contributed by atoms with Crippen LogP contribution in [0.2, 0.25) is 5.02 Å². The zero-order chi connectivity index (χ0) is 46.2. The SMILES string of the molecule is CCOC(=O)/C=C/c1ccc(/C(=C(/CC)c2ccc(F)c(COc3cc(/C(=C(/CC)c4ccccc4)c4ccc5[nH]ncc5c4)ccc3/C=C/C(=O)O)c2Cl)c2ccc3[nH]ncc3c2)cc1. The third-order valence-electron chi connectivity index (χ3n) is 11.4. The highest BCUT2D eigenvalue weighted by atomic mass is 35.5. The maximum absolute atomic E-state index is 16.2. The van der Waals surface area contributed by atoms with Gasteiger partial charge >= 0.3 is 11.9 Å². The van der Waals surface area contributed by atoms with Crippen LogP contribution in [0.25, 0.3) is 56.3 Å². The van der Waals surface area contributed by atoms with Crippen molar-refractivity contribution in [3.63, 3.8) is 0 Å². The molecule has 0 aliphatic carbocycles. The smallest absolute Gasteiger partial charge is 0.330 e. The molecule has 0 radical (unpaired) electrons. The van der Waals surface area contributed by atoms with Gasteiger partial charge in [0.1, 0.15) is 18.2 Å². The van der Waals surface area contributed by atoms with E-state index >= 15 is 4.39 Å². The van der Waals surface area contributed by atoms with Crippen molar-refractivity contribution >= 4 is 79.8 Å². The number of carbonyl (C=O) groups is 2. The van der Waals surface area contributed by atoms with Crippen LogP contribution in [0.1, 0.15) is 83.7 Å². The number of aromatic amines is 2. The summed E-state index contributed by atoms with van der Waals surface area (Å²) in [4.78, 5) is 23.8. The summed E-state index contributed by atoms with van der Waals surface area (Å²) in [6, 6.07) is 38.8. The van der Waals surface area contributed by atoms with E-state index in [9.17, 15) is 14.7 Å². The first kappa shape index (κ1) is 44.8. The first-order chi connectivity index (χ1) is 32.1. The lowest BCUT2D eigenvalue weighted by atomic mass is 9.87. The fourth-order valence-corrected chi connectivity index (χ4v) is 8.56. The molecule has 8 rings (SSSR count). The number of halogens is 2. The number of benzene rings is 6. The van der Waals surface area contributed by atoms with Crippen LogP contribution in [0, 0.1) is 5.82 Å². The van der Waals surface area contributed by atoms with Crippen molar-refractivity contribution in [2.24, 2.45) is 0 Å². The summed E-state index contributed by atoms with van der Waals surface area (Å²) in [5.41, 5.74) is 12.2. The summed E-state index contributed by atoms with van der Waals surface area (Å²) in [6.45, 7) is 5.92. The summed E-state index contributed by atoms with van der Waals surface area (Å²) in [7, 11) is 0. The van der Waals surface area contributed by atoms with Gasteiger partial charge in [-0.1, -0.05) is 110 Å². The van der Waals surface area contributed by atoms with Crippen LogP contribution in [0.4, 0.5) is 4.39 Å². The molecule has 0 saturated carbocycles. The van der Waals surface area contributed by atoms with Crippen LogP contribution in [-0.2, 0) is 20.9 Å². The Labute approximate surface area is 386 Å². The molecule has 0 spiro atoms. The minimum atomic E-state index is -1.12. The molecule has 8 aromatic rings. The Morgan fingerprint density at radius 1 is 0.682 bits per heavy atom. The largest absolute Gasteiger partial charge is 0.488 e. The molecule has 0 saturated heterocycles. The van der Waals surface area contributed by atoms with Crippen molar-refractivity contribution in [2.45, 2.75) is 40.2 Å². The second-order valence-corrected chi connectivity index (χ2v) is 15.8. The molecule has 0 amide bonds. The van der Waals surface area contributed by atoms with Crippen LogP contribution < -0.4 is 4.74 Å². The second kappa shape index (κ2) is 20.3. The Balaban J connectivity index is 1.23. The highest BCUT2D eigenvalue weighted by Crippen LogP contribution is 2.41. The number of carboxylic acid groups (broad SMARTS) is 1. The first-order valence-corrected chi connectivity index (χ1v) is 22.0. The number of nitrogens with zero attached hydrogens (tertiary/aromatic N) is 2. The van der Waals surface area contributed by atoms with Gasteiger partial charge in [0.2, 0.25) is 0 Å². The minimum Gasteiger partial charge on any atom is -0.488 e. The molecular formula is C55H46ClFN4O5. The zero-order valence-corrected chi connectivity index (χ0v) is 37.3. The molecule has 0 aliphatic heterocycles. The van der Waals surface area contributed by atoms with E-state index < -0.39 is 17.8 Å². The molecule has 11 heteroatoms. The van der Waals surface area contributed by atoms with Gasteiger partial charge in [0.05, 0.1) is 35.1 Å². The number of carbonyl (C=O) groups excluding carboxylic acids is 1. The van der Waals surface area contributed by atoms with Gasteiger partial charge in [0.15, 0.2) is 0 Å². The van der Waals surface area contributed by atoms with Gasteiger partial charge in [-0.2, -0.15) is 10.2 Å². The van der Waals surface area contributed by atoms with Crippen LogP contribution in [-0.4, -0.2) is 44.0 Å². The van der Waals surface area contributed by atoms with E-state index in [1.54, 1.807) is 31.5 Å². The van der Waals surface area contributed by atoms with Crippen molar-refractivity contribution in [2.75, 3.05) is 6.61 Å². The number of carboxylic acids is 1. The third-order valence-corrected chi connectivity index (χ3v) is 11.8. The molecule has 0 aliphatic rings. The van der Waals surface area contributed by atoms with E-state index in [2.05, 4.69) is 51.6 Å². The summed E-state index contributed by atoms with van der Waals surface area (Å²) in [6.07, 6.45) is 10.4. The van der Waals surface area contributed by atoms with Crippen LogP contribution in [0.5, 0.6) is 5.75 Å². The molecule has 0 fully saturated rings. The first-order valence-electron chi connectivity index (χ1n) is 21.6. The quantitative estimate of drug-likeness (QED) is 0.0500. The Morgan fingerprint density at radius 2 is 1.29 bits per heavy atom. The lowest BCUT2D eigenvalue weighted by Gasteiger charge is -2.20. The fraction of sp³-hybridized carbons (Fsp3) is 0.127. The predicted molar refractivity (Wildman–Crippen MR) is 262 cm³/mol. The molecule has 3 N–H and O–H groups in total. The highest BCUT2D eigenvalue weighted by molar-refractivity contribution is 6.33. The molecule has 330 valence electrons. The number of rotatable bonds is 16. The zero-order valence-electron chi connectivity index (χ0n) is 36.6. The number of esters is 1. The topological polar surface area (TPSA) is 130 Å². The number of aliphatic carboxylic acids is 1. The van der Waals surface area contributed by atoms with E-state index in [0.717, 1.165) is 83.6 Å². The average molecular weight is 897 g/mol. The lowest BCUT2D eigenvalue weighted by molar-refractivity contribution is -0.137. The number of hydrogen-bond donors (Lipinski definition) is 3. The molecule has 2 heterocycles. The van der Waals surface area contributed by atoms with Crippen LogP contribution in [0.15, 0.2) is 146 Å². The summed E-state index contributed by atoms with van der Waals surface area (Å²) in [5.74, 6) is -1.76. The molecule has 6 aromatic carbocycles. The number of allylic oxidation sites excluding steroid dienone is 2. The Bertz CT molecular complexity index is 3200. The van der Waals surface area contributed by atoms with Gasteiger partial charge in [-0.3, -0.25) is 10.2 Å². The minimum absolute atomic E-state index is 0.141. The van der Waals surface area contributed by atoms with E-state index in [0.29, 0.717) is 29.7 Å². The van der Waals surface area contributed by atoms with Gasteiger partial charge in [-0.25, -0.2) is 14.0 Å². The number of fused-ring (bicyclic) bond motifs is 2. The average Bonchev–Trinajstić information content (AvgIpc) is 4.02. The molecule has 0 unspecified atom stereocenters. The third kappa shape index (κ3) is 9.79. The van der Waals surface area contributed by atoms with Gasteiger partial charge < -0.3 is 14.6 Å². The summed E-state index contributed by atoms with van der Waals surface area (Å²) < 4.78 is 27.8. The molecular weight excluding hydrogens is 851 g/mol. The highest BCUT2D eigenvalue weighted by Gasteiger charge is 2.22. The van der Waals surface area contributed by atoms with Crippen molar-refractivity contribution in [3.05, 3.63) is 207 Å². The Morgan fingerprint density at radius 3 is 1.91 bits per heavy atom. The molecule has 66 heavy (non-hydrogen) atoms. The van der Waals surface area contributed by atoms with Crippen molar-refractivity contribution < 1.29 is 28.6 Å². The molecule has 0 bridgehead atoms. The standard InChI is InChI=1S/C55H46ClFN4O5/c1-4-43(35-10-8-7-9-11-35)54(39-20-25-49-42(29-39)32-59-61-49)40-18-17-36(21-26-51(62)63)50(30-40)66-33-46-47(57)23-22-45(55(46)56)44(5-2)53(38-19-24-48-41(28-38)31-58-60-48)37-15-12-34(13-16-37)14-27-52(64)65-6-3/h7-32H,4-6,33H2,1-3H3,(H,58,60)(H,59,61)(H,62,63)/b26-21+,27-14+,53-44+,54-43-. The van der Waals surface area contributed by atoms with E-state index in [4.69, 9.17) is 21.1 Å². The van der Waals surface area contributed by atoms with Gasteiger partial charge in [-0.15, -0.1) is 0 Å². The molecule has 2 aromatic heterocycles. The van der Waals surface area contributed by atoms with Crippen LogP contribution >= 0.6 is 11.6 Å². The summed E-state index contributed by atoms with van der Waals surface area (Å²) >= 11 is 7.31. The summed E-state index contributed by atoms with van der Waals surface area (Å²) in [5, 5.41) is 26.2. The van der Waals surface area contributed by atoms with Crippen molar-refractivity contribution in [1.82, 2.24) is 20.4 Å². The van der Waals surface area contributed by atoms with E-state index in [1.165, 1.54) is 18.2 Å². The lowest BCUT2D eigenvalue weighted by Crippen LogP contribution is -2.05. The van der Waals surface area contributed by atoms with E-state index in [1.807, 2.05) is 91.9 Å². The number of hydrogen-bond acceptors (Lipinski definition) is 6. The van der Waals surface area contributed by atoms with Crippen molar-refractivity contribution in [1.29, 1.82) is 0 Å². The normalized spacial score (nSPS) is 12.5. The monoisotopic (exact) mass is 896 g/mol. The van der Waals surface area contributed by atoms with E-state index in [-0.39, 0.29) is 23.8 Å². The van der Waals surface area contributed by atoms with Crippen molar-refractivity contribution in [3.8, 4) is 5.75 Å². The van der Waals surface area contributed by atoms with Gasteiger partial charge in [-0.05, 0) is 130 Å². The van der Waals surface area contributed by atoms with Crippen LogP contribution in [0.3, 0.4) is 0 Å². The predicted octanol–water partition coefficient (Wildman–Crippen LogP) is 13.2. The van der Waals surface area contributed by atoms with Gasteiger partial charge in [0, 0.05) is 34.1 Å². The number of ether oxygens (including phenoxy) is 2. The Hall–Kier alpha value is -7.82. The maximum Gasteiger partial charge on any atom is 0.330 e. The fourth-order valence-electron chi connectivity index (χ4n) is 8.24. The molecule has 9 nitrogen and oxygen atoms in total. The number of H-pyrrole nitrogens is 2.